The number of nitrogens with one attached hydrogen (secondary N) is 1. The van der Waals surface area contributed by atoms with Gasteiger partial charge in [0.25, 0.3) is 0 Å². The van der Waals surface area contributed by atoms with Gasteiger partial charge in [-0.3, -0.25) is 14.9 Å². The summed E-state index contributed by atoms with van der Waals surface area (Å²) in [7, 11) is 2.20. The number of fused-ring (bicyclic) bond motifs is 5. The molecule has 1 saturated heterocycles. The molecule has 0 amide bonds. The topological polar surface area (TPSA) is 82.0 Å². The second kappa shape index (κ2) is 11.5. The van der Waals surface area contributed by atoms with E-state index in [1.54, 1.807) is 23.9 Å². The first-order chi connectivity index (χ1) is 20.1. The molecule has 0 bridgehead atoms. The average molecular weight is 589 g/mol. The van der Waals surface area contributed by atoms with Crippen molar-refractivity contribution in [2.75, 3.05) is 51.6 Å². The molecule has 1 fully saturated rings. The molecule has 41 heavy (non-hydrogen) atoms. The van der Waals surface area contributed by atoms with Gasteiger partial charge < -0.3 is 15.0 Å². The number of piperazine rings is 1. The number of rotatable bonds is 8. The van der Waals surface area contributed by atoms with Crippen LogP contribution in [0.2, 0.25) is 5.02 Å². The first-order valence-electron chi connectivity index (χ1n) is 14.2. The van der Waals surface area contributed by atoms with Crippen molar-refractivity contribution >= 4 is 50.9 Å². The maximum atomic E-state index is 6.59. The Morgan fingerprint density at radius 3 is 2.80 bits per heavy atom. The molecular weight excluding hydrogens is 556 g/mol. The number of halogens is 1. The number of ether oxygens (including phenoxy) is 1. The Labute approximate surface area is 248 Å². The number of aryl methyl sites for hydroxylation is 1. The monoisotopic (exact) mass is 588 g/mol. The van der Waals surface area contributed by atoms with Crippen LogP contribution in [0.15, 0.2) is 54.0 Å². The molecule has 11 heteroatoms. The fourth-order valence-corrected chi connectivity index (χ4v) is 7.56. The van der Waals surface area contributed by atoms with Gasteiger partial charge in [-0.25, -0.2) is 9.97 Å². The highest BCUT2D eigenvalue weighted by atomic mass is 35.5. The van der Waals surface area contributed by atoms with E-state index in [-0.39, 0.29) is 0 Å². The molecule has 1 aromatic carbocycles. The van der Waals surface area contributed by atoms with Gasteiger partial charge in [0.15, 0.2) is 0 Å². The second-order valence-corrected chi connectivity index (χ2v) is 12.4. The zero-order chi connectivity index (χ0) is 27.8. The van der Waals surface area contributed by atoms with Gasteiger partial charge in [-0.1, -0.05) is 17.7 Å². The molecule has 2 aliphatic heterocycles. The Bertz CT molecular complexity index is 1560. The third-order valence-electron chi connectivity index (χ3n) is 8.32. The lowest BCUT2D eigenvalue weighted by Gasteiger charge is -2.35. The van der Waals surface area contributed by atoms with Crippen LogP contribution >= 0.6 is 22.9 Å². The molecule has 212 valence electrons. The van der Waals surface area contributed by atoms with Crippen molar-refractivity contribution in [1.82, 2.24) is 29.8 Å². The maximum absolute atomic E-state index is 6.59. The zero-order valence-corrected chi connectivity index (χ0v) is 24.6. The molecular formula is C30H33ClN8OS. The van der Waals surface area contributed by atoms with Gasteiger partial charge in [0.1, 0.15) is 29.3 Å². The lowest BCUT2D eigenvalue weighted by atomic mass is 9.85. The predicted octanol–water partition coefficient (Wildman–Crippen LogP) is 5.01. The number of aromatic nitrogens is 3. The fourth-order valence-electron chi connectivity index (χ4n) is 6.02. The number of hydrogen-bond acceptors (Lipinski definition) is 10. The highest BCUT2D eigenvalue weighted by Gasteiger charge is 2.39. The average Bonchev–Trinajstić information content (AvgIpc) is 3.59. The first kappa shape index (κ1) is 26.6. The van der Waals surface area contributed by atoms with Crippen LogP contribution in [0.1, 0.15) is 28.5 Å². The van der Waals surface area contributed by atoms with E-state index >= 15 is 0 Å². The van der Waals surface area contributed by atoms with Gasteiger partial charge in [0.05, 0.1) is 28.1 Å². The Kier molecular flexibility index (Phi) is 7.47. The molecule has 3 aromatic heterocycles. The number of likely N-dealkylation sites (N-methyl/N-ethyl adjacent to an activating group) is 1. The number of pyridine rings is 1. The van der Waals surface area contributed by atoms with Crippen molar-refractivity contribution in [2.24, 2.45) is 5.10 Å². The summed E-state index contributed by atoms with van der Waals surface area (Å²) in [6.45, 7) is 6.99. The van der Waals surface area contributed by atoms with Gasteiger partial charge in [-0.05, 0) is 55.8 Å². The third-order valence-corrected chi connectivity index (χ3v) is 9.86. The molecule has 2 unspecified atom stereocenters. The first-order valence-corrected chi connectivity index (χ1v) is 15.4. The van der Waals surface area contributed by atoms with Crippen LogP contribution in [-0.4, -0.2) is 88.3 Å². The minimum absolute atomic E-state index is 0.309. The Balaban J connectivity index is 1.06. The summed E-state index contributed by atoms with van der Waals surface area (Å²) in [5, 5.41) is 12.4. The number of nitrogens with zero attached hydrogens (tertiary/aromatic N) is 7. The Morgan fingerprint density at radius 1 is 1.07 bits per heavy atom. The van der Waals surface area contributed by atoms with Crippen LogP contribution in [0.25, 0.3) is 10.2 Å². The SMILES string of the molecule is CN1CCN(CCN2N=CC3c4sc5ncnc(Nc6ccc(OCc7ccccn7)c(Cl)c6)c5c4CCC32)CC1. The molecule has 0 radical (unpaired) electrons. The van der Waals surface area contributed by atoms with Gasteiger partial charge >= 0.3 is 0 Å². The Hall–Kier alpha value is -3.31. The van der Waals surface area contributed by atoms with Crippen molar-refractivity contribution in [3.8, 4) is 5.75 Å². The van der Waals surface area contributed by atoms with Crippen molar-refractivity contribution in [2.45, 2.75) is 31.4 Å². The van der Waals surface area contributed by atoms with E-state index in [9.17, 15) is 0 Å². The van der Waals surface area contributed by atoms with E-state index in [1.165, 1.54) is 10.4 Å². The van der Waals surface area contributed by atoms with Gasteiger partial charge in [0.2, 0.25) is 0 Å². The number of hydrazone groups is 1. The van der Waals surface area contributed by atoms with Crippen LogP contribution in [0.4, 0.5) is 11.5 Å². The van der Waals surface area contributed by atoms with Gasteiger partial charge in [-0.15, -0.1) is 11.3 Å². The standard InChI is InChI=1S/C30H33ClN8OS/c1-37-10-12-38(13-11-37)14-15-39-25-7-6-22-27-29(33-19-34-30(27)41-28(22)23(25)17-35-39)36-20-5-8-26(24(31)16-20)40-18-21-4-2-3-9-32-21/h2-5,8-9,16-17,19,23,25H,6-7,10-15,18H2,1H3,(H,33,34,36). The van der Waals surface area contributed by atoms with Crippen LogP contribution < -0.4 is 10.1 Å². The van der Waals surface area contributed by atoms with Crippen LogP contribution in [-0.2, 0) is 13.0 Å². The Morgan fingerprint density at radius 2 is 1.98 bits per heavy atom. The molecule has 7 rings (SSSR count). The molecule has 0 spiro atoms. The summed E-state index contributed by atoms with van der Waals surface area (Å²) in [6, 6.07) is 11.9. The molecule has 5 heterocycles. The highest BCUT2D eigenvalue weighted by Crippen LogP contribution is 2.46. The fraction of sp³-hybridized carbons (Fsp3) is 0.400. The van der Waals surface area contributed by atoms with E-state index in [1.807, 2.05) is 36.4 Å². The van der Waals surface area contributed by atoms with Crippen LogP contribution in [0.5, 0.6) is 5.75 Å². The van der Waals surface area contributed by atoms with Crippen molar-refractivity contribution < 1.29 is 4.74 Å². The smallest absolute Gasteiger partial charge is 0.142 e. The summed E-state index contributed by atoms with van der Waals surface area (Å²) in [6.07, 6.45) is 7.63. The van der Waals surface area contributed by atoms with Gasteiger partial charge in [-0.2, -0.15) is 5.10 Å². The molecule has 0 saturated carbocycles. The minimum Gasteiger partial charge on any atom is -0.486 e. The van der Waals surface area contributed by atoms with Crippen molar-refractivity contribution in [3.63, 3.8) is 0 Å². The predicted molar refractivity (Wildman–Crippen MR) is 165 cm³/mol. The summed E-state index contributed by atoms with van der Waals surface area (Å²) in [5.74, 6) is 1.74. The van der Waals surface area contributed by atoms with Crippen molar-refractivity contribution in [3.05, 3.63) is 70.1 Å². The van der Waals surface area contributed by atoms with E-state index in [4.69, 9.17) is 21.4 Å². The molecule has 4 aromatic rings. The number of benzene rings is 1. The van der Waals surface area contributed by atoms with E-state index < -0.39 is 0 Å². The van der Waals surface area contributed by atoms with E-state index in [0.29, 0.717) is 29.3 Å². The van der Waals surface area contributed by atoms with E-state index in [2.05, 4.69) is 48.3 Å². The quantitative estimate of drug-likeness (QED) is 0.308. The normalized spacial score (nSPS) is 20.8. The van der Waals surface area contributed by atoms with E-state index in [0.717, 1.165) is 79.5 Å². The zero-order valence-electron chi connectivity index (χ0n) is 23.0. The van der Waals surface area contributed by atoms with Gasteiger partial charge in [0, 0.05) is 62.2 Å². The summed E-state index contributed by atoms with van der Waals surface area (Å²) in [4.78, 5) is 21.0. The van der Waals surface area contributed by atoms with Crippen molar-refractivity contribution in [1.29, 1.82) is 0 Å². The summed E-state index contributed by atoms with van der Waals surface area (Å²) in [5.41, 5.74) is 3.05. The molecule has 3 aliphatic rings. The summed E-state index contributed by atoms with van der Waals surface area (Å²) >= 11 is 8.37. The molecule has 1 aliphatic carbocycles. The maximum Gasteiger partial charge on any atom is 0.142 e. The van der Waals surface area contributed by atoms with Crippen LogP contribution in [0, 0.1) is 0 Å². The minimum atomic E-state index is 0.309. The van der Waals surface area contributed by atoms with Crippen LogP contribution in [0.3, 0.4) is 0 Å². The highest BCUT2D eigenvalue weighted by molar-refractivity contribution is 7.19. The molecule has 1 N–H and O–H groups in total. The molecule has 2 atom stereocenters. The molecule has 9 nitrogen and oxygen atoms in total. The lowest BCUT2D eigenvalue weighted by molar-refractivity contribution is 0.122. The third kappa shape index (κ3) is 5.49. The second-order valence-electron chi connectivity index (χ2n) is 10.9. The largest absolute Gasteiger partial charge is 0.486 e. The number of thiophene rings is 1. The lowest BCUT2D eigenvalue weighted by Crippen LogP contribution is -2.47. The number of hydrogen-bond donors (Lipinski definition) is 1. The number of anilines is 2. The summed E-state index contributed by atoms with van der Waals surface area (Å²) < 4.78 is 5.90.